The molecular formula is C16H17Br2NO. The molecule has 0 aliphatic heterocycles. The number of rotatable bonds is 5. The Labute approximate surface area is 136 Å². The van der Waals surface area contributed by atoms with E-state index in [0.29, 0.717) is 6.61 Å². The van der Waals surface area contributed by atoms with Crippen LogP contribution in [0.3, 0.4) is 0 Å². The molecule has 0 radical (unpaired) electrons. The van der Waals surface area contributed by atoms with Crippen LogP contribution in [-0.2, 0) is 0 Å². The third-order valence-corrected chi connectivity index (χ3v) is 4.28. The van der Waals surface area contributed by atoms with E-state index in [1.54, 1.807) is 0 Å². The van der Waals surface area contributed by atoms with Gasteiger partial charge in [0, 0.05) is 8.95 Å². The molecule has 4 heteroatoms. The maximum atomic E-state index is 5.58. The third-order valence-electron chi connectivity index (χ3n) is 3.06. The summed E-state index contributed by atoms with van der Waals surface area (Å²) in [4.78, 5) is 0. The molecule has 0 spiro atoms. The molecule has 0 amide bonds. The van der Waals surface area contributed by atoms with Gasteiger partial charge in [0.2, 0.25) is 0 Å². The first-order valence-corrected chi connectivity index (χ1v) is 8.09. The van der Waals surface area contributed by atoms with Gasteiger partial charge in [0.05, 0.1) is 12.6 Å². The SMILES string of the molecule is CCOc1cccc(C(NC)c2cc(Br)ccc2Br)c1. The summed E-state index contributed by atoms with van der Waals surface area (Å²) in [5, 5.41) is 3.37. The van der Waals surface area contributed by atoms with Crippen molar-refractivity contribution in [2.45, 2.75) is 13.0 Å². The topological polar surface area (TPSA) is 21.3 Å². The van der Waals surface area contributed by atoms with E-state index in [4.69, 9.17) is 4.74 Å². The molecular weight excluding hydrogens is 382 g/mol. The van der Waals surface area contributed by atoms with Gasteiger partial charge in [-0.2, -0.15) is 0 Å². The molecule has 1 N–H and O–H groups in total. The second kappa shape index (κ2) is 7.25. The van der Waals surface area contributed by atoms with Crippen LogP contribution in [-0.4, -0.2) is 13.7 Å². The highest BCUT2D eigenvalue weighted by Crippen LogP contribution is 2.32. The first-order chi connectivity index (χ1) is 9.65. The average molecular weight is 399 g/mol. The standard InChI is InChI=1S/C16H17Br2NO/c1-3-20-13-6-4-5-11(9-13)16(19-2)14-10-12(17)7-8-15(14)18/h4-10,16,19H,3H2,1-2H3. The predicted molar refractivity (Wildman–Crippen MR) is 90.4 cm³/mol. The lowest BCUT2D eigenvalue weighted by Gasteiger charge is -2.20. The molecule has 2 aromatic carbocycles. The van der Waals surface area contributed by atoms with E-state index in [1.807, 2.05) is 32.2 Å². The predicted octanol–water partition coefficient (Wildman–Crippen LogP) is 4.92. The van der Waals surface area contributed by atoms with E-state index >= 15 is 0 Å². The lowest BCUT2D eigenvalue weighted by atomic mass is 9.99. The summed E-state index contributed by atoms with van der Waals surface area (Å²) in [7, 11) is 1.96. The number of halogens is 2. The van der Waals surface area contributed by atoms with Crippen LogP contribution in [0.25, 0.3) is 0 Å². The summed E-state index contributed by atoms with van der Waals surface area (Å²) in [6.45, 7) is 2.67. The summed E-state index contributed by atoms with van der Waals surface area (Å²) in [5.74, 6) is 0.899. The highest BCUT2D eigenvalue weighted by Gasteiger charge is 2.16. The van der Waals surface area contributed by atoms with Gasteiger partial charge >= 0.3 is 0 Å². The number of hydrogen-bond donors (Lipinski definition) is 1. The fourth-order valence-corrected chi connectivity index (χ4v) is 3.04. The maximum absolute atomic E-state index is 5.58. The molecule has 2 rings (SSSR count). The molecule has 20 heavy (non-hydrogen) atoms. The van der Waals surface area contributed by atoms with Gasteiger partial charge in [-0.3, -0.25) is 0 Å². The second-order valence-corrected chi connectivity index (χ2v) is 6.16. The minimum absolute atomic E-state index is 0.113. The number of ether oxygens (including phenoxy) is 1. The largest absolute Gasteiger partial charge is 0.494 e. The molecule has 0 heterocycles. The first kappa shape index (κ1) is 15.5. The van der Waals surface area contributed by atoms with Crippen LogP contribution in [0.2, 0.25) is 0 Å². The van der Waals surface area contributed by atoms with Gasteiger partial charge in [0.25, 0.3) is 0 Å². The second-order valence-electron chi connectivity index (χ2n) is 4.39. The number of benzene rings is 2. The monoisotopic (exact) mass is 397 g/mol. The van der Waals surface area contributed by atoms with Crippen LogP contribution in [0.1, 0.15) is 24.1 Å². The molecule has 0 aromatic heterocycles. The Morgan fingerprint density at radius 1 is 1.15 bits per heavy atom. The fourth-order valence-electron chi connectivity index (χ4n) is 2.19. The Morgan fingerprint density at radius 3 is 2.65 bits per heavy atom. The smallest absolute Gasteiger partial charge is 0.119 e. The quantitative estimate of drug-likeness (QED) is 0.771. The van der Waals surface area contributed by atoms with Crippen molar-refractivity contribution in [1.82, 2.24) is 5.32 Å². The summed E-state index contributed by atoms with van der Waals surface area (Å²) >= 11 is 7.16. The van der Waals surface area contributed by atoms with Crippen LogP contribution in [0.5, 0.6) is 5.75 Å². The van der Waals surface area contributed by atoms with Crippen molar-refractivity contribution in [3.05, 3.63) is 62.5 Å². The Balaban J connectivity index is 2.41. The van der Waals surface area contributed by atoms with E-state index in [0.717, 1.165) is 14.7 Å². The number of nitrogens with one attached hydrogen (secondary N) is 1. The normalized spacial score (nSPS) is 12.2. The van der Waals surface area contributed by atoms with Crippen molar-refractivity contribution < 1.29 is 4.74 Å². The van der Waals surface area contributed by atoms with Gasteiger partial charge in [0.1, 0.15) is 5.75 Å². The van der Waals surface area contributed by atoms with Crippen LogP contribution in [0, 0.1) is 0 Å². The zero-order valence-corrected chi connectivity index (χ0v) is 14.7. The lowest BCUT2D eigenvalue weighted by molar-refractivity contribution is 0.339. The Kier molecular flexibility index (Phi) is 5.64. The molecule has 1 unspecified atom stereocenters. The summed E-state index contributed by atoms with van der Waals surface area (Å²) in [5.41, 5.74) is 2.37. The zero-order chi connectivity index (χ0) is 14.5. The van der Waals surface area contributed by atoms with Crippen molar-refractivity contribution >= 4 is 31.9 Å². The lowest BCUT2D eigenvalue weighted by Crippen LogP contribution is -2.18. The Bertz CT molecular complexity index is 586. The fraction of sp³-hybridized carbons (Fsp3) is 0.250. The molecule has 0 aliphatic rings. The van der Waals surface area contributed by atoms with Gasteiger partial charge in [0.15, 0.2) is 0 Å². The van der Waals surface area contributed by atoms with E-state index in [9.17, 15) is 0 Å². The molecule has 0 aliphatic carbocycles. The van der Waals surface area contributed by atoms with Crippen molar-refractivity contribution in [2.24, 2.45) is 0 Å². The van der Waals surface area contributed by atoms with E-state index < -0.39 is 0 Å². The Hall–Kier alpha value is -0.840. The Morgan fingerprint density at radius 2 is 1.95 bits per heavy atom. The molecule has 0 fully saturated rings. The van der Waals surface area contributed by atoms with Crippen LogP contribution < -0.4 is 10.1 Å². The van der Waals surface area contributed by atoms with Crippen molar-refractivity contribution in [2.75, 3.05) is 13.7 Å². The minimum Gasteiger partial charge on any atom is -0.494 e. The zero-order valence-electron chi connectivity index (χ0n) is 11.5. The van der Waals surface area contributed by atoms with Gasteiger partial charge in [-0.15, -0.1) is 0 Å². The highest BCUT2D eigenvalue weighted by atomic mass is 79.9. The van der Waals surface area contributed by atoms with Gasteiger partial charge < -0.3 is 10.1 Å². The van der Waals surface area contributed by atoms with Crippen LogP contribution in [0.4, 0.5) is 0 Å². The summed E-state index contributed by atoms with van der Waals surface area (Å²) < 4.78 is 7.73. The van der Waals surface area contributed by atoms with Crippen LogP contribution in [0.15, 0.2) is 51.4 Å². The molecule has 1 atom stereocenters. The first-order valence-electron chi connectivity index (χ1n) is 6.50. The molecule has 106 valence electrons. The molecule has 2 nitrogen and oxygen atoms in total. The third kappa shape index (κ3) is 3.62. The van der Waals surface area contributed by atoms with E-state index in [1.165, 1.54) is 11.1 Å². The number of hydrogen-bond acceptors (Lipinski definition) is 2. The summed E-state index contributed by atoms with van der Waals surface area (Å²) in [6.07, 6.45) is 0. The molecule has 0 saturated carbocycles. The van der Waals surface area contributed by atoms with Gasteiger partial charge in [-0.05, 0) is 55.4 Å². The van der Waals surface area contributed by atoms with Crippen LogP contribution >= 0.6 is 31.9 Å². The highest BCUT2D eigenvalue weighted by molar-refractivity contribution is 9.11. The summed E-state index contributed by atoms with van der Waals surface area (Å²) in [6, 6.07) is 14.5. The van der Waals surface area contributed by atoms with E-state index in [-0.39, 0.29) is 6.04 Å². The van der Waals surface area contributed by atoms with E-state index in [2.05, 4.69) is 61.4 Å². The molecule has 0 saturated heterocycles. The average Bonchev–Trinajstić information content (AvgIpc) is 2.44. The van der Waals surface area contributed by atoms with Gasteiger partial charge in [-0.1, -0.05) is 44.0 Å². The molecule has 0 bridgehead atoms. The van der Waals surface area contributed by atoms with Crippen molar-refractivity contribution in [3.8, 4) is 5.75 Å². The molecule has 2 aromatic rings. The minimum atomic E-state index is 0.113. The van der Waals surface area contributed by atoms with Crippen molar-refractivity contribution in [3.63, 3.8) is 0 Å². The van der Waals surface area contributed by atoms with Crippen molar-refractivity contribution in [1.29, 1.82) is 0 Å². The van der Waals surface area contributed by atoms with Gasteiger partial charge in [-0.25, -0.2) is 0 Å². The maximum Gasteiger partial charge on any atom is 0.119 e.